The van der Waals surface area contributed by atoms with Gasteiger partial charge in [0.1, 0.15) is 11.3 Å². The van der Waals surface area contributed by atoms with Crippen LogP contribution in [0.4, 0.5) is 0 Å². The van der Waals surface area contributed by atoms with Crippen LogP contribution < -0.4 is 15.7 Å². The van der Waals surface area contributed by atoms with Gasteiger partial charge < -0.3 is 14.5 Å². The Morgan fingerprint density at radius 1 is 1.42 bits per heavy atom. The van der Waals surface area contributed by atoms with Crippen molar-refractivity contribution in [3.8, 4) is 5.75 Å². The fraction of sp³-hybridized carbons (Fsp3) is 0.412. The maximum Gasteiger partial charge on any atom is 0.340 e. The first kappa shape index (κ1) is 18.7. The minimum Gasteiger partial charge on any atom is -0.495 e. The predicted octanol–water partition coefficient (Wildman–Crippen LogP) is 1.61. The fourth-order valence-corrected chi connectivity index (χ4v) is 5.01. The molecule has 0 radical (unpaired) electrons. The van der Waals surface area contributed by atoms with Gasteiger partial charge in [0.25, 0.3) is 0 Å². The number of sulfone groups is 1. The van der Waals surface area contributed by atoms with Crippen LogP contribution in [0.1, 0.15) is 17.5 Å². The normalized spacial score (nSPS) is 18.8. The van der Waals surface area contributed by atoms with E-state index in [0.717, 1.165) is 0 Å². The zero-order valence-corrected chi connectivity index (χ0v) is 15.9. The number of nitrogens with one attached hydrogen (secondary N) is 1. The highest BCUT2D eigenvalue weighted by Crippen LogP contribution is 2.31. The second-order valence-corrected chi connectivity index (χ2v) is 8.96. The Hall–Kier alpha value is -2.06. The zero-order valence-electron chi connectivity index (χ0n) is 14.3. The van der Waals surface area contributed by atoms with Crippen LogP contribution in [-0.2, 0) is 21.1 Å². The standard InChI is InChI=1S/C17H18ClNO6S/c1-9-11-5-13(18)15(24-2)7-14(11)25-17(21)12(9)6-16(20)19-10-3-4-26(22,23)8-10/h5,7,10H,3-4,6,8H2,1-2H3,(H,19,20)/t10-/m0/s1. The summed E-state index contributed by atoms with van der Waals surface area (Å²) in [6.07, 6.45) is 0.194. The lowest BCUT2D eigenvalue weighted by atomic mass is 10.0. The van der Waals surface area contributed by atoms with Crippen LogP contribution in [0.5, 0.6) is 5.75 Å². The third-order valence-electron chi connectivity index (χ3n) is 4.49. The van der Waals surface area contributed by atoms with E-state index in [1.165, 1.54) is 13.2 Å². The number of halogens is 1. The summed E-state index contributed by atoms with van der Waals surface area (Å²) in [6, 6.07) is 2.73. The van der Waals surface area contributed by atoms with Crippen molar-refractivity contribution in [2.75, 3.05) is 18.6 Å². The number of hydrogen-bond donors (Lipinski definition) is 1. The molecule has 1 fully saturated rings. The van der Waals surface area contributed by atoms with Crippen molar-refractivity contribution in [3.05, 3.63) is 38.7 Å². The van der Waals surface area contributed by atoms with Gasteiger partial charge in [-0.25, -0.2) is 13.2 Å². The number of benzene rings is 1. The molecule has 140 valence electrons. The molecule has 0 aliphatic carbocycles. The summed E-state index contributed by atoms with van der Waals surface area (Å²) < 4.78 is 33.4. The maximum absolute atomic E-state index is 12.3. The van der Waals surface area contributed by atoms with Gasteiger partial charge in [-0.1, -0.05) is 11.6 Å². The van der Waals surface area contributed by atoms with Gasteiger partial charge in [-0.05, 0) is 25.0 Å². The number of hydrogen-bond acceptors (Lipinski definition) is 6. The molecule has 0 bridgehead atoms. The number of carbonyl (C=O) groups excluding carboxylic acids is 1. The van der Waals surface area contributed by atoms with Gasteiger partial charge in [-0.2, -0.15) is 0 Å². The van der Waals surface area contributed by atoms with Crippen molar-refractivity contribution in [1.82, 2.24) is 5.32 Å². The minimum atomic E-state index is -3.09. The van der Waals surface area contributed by atoms with Crippen LogP contribution in [-0.4, -0.2) is 39.0 Å². The first-order chi connectivity index (χ1) is 12.2. The fourth-order valence-electron chi connectivity index (χ4n) is 3.10. The average molecular weight is 400 g/mol. The first-order valence-electron chi connectivity index (χ1n) is 8.00. The van der Waals surface area contributed by atoms with Gasteiger partial charge in [0.2, 0.25) is 5.91 Å². The molecule has 26 heavy (non-hydrogen) atoms. The Labute approximate surface area is 155 Å². The predicted molar refractivity (Wildman–Crippen MR) is 97.7 cm³/mol. The molecule has 1 N–H and O–H groups in total. The van der Waals surface area contributed by atoms with Crippen LogP contribution in [0, 0.1) is 6.92 Å². The summed E-state index contributed by atoms with van der Waals surface area (Å²) >= 11 is 6.13. The lowest BCUT2D eigenvalue weighted by Gasteiger charge is -2.12. The third-order valence-corrected chi connectivity index (χ3v) is 6.56. The molecule has 0 unspecified atom stereocenters. The quantitative estimate of drug-likeness (QED) is 0.783. The third kappa shape index (κ3) is 3.71. The van der Waals surface area contributed by atoms with Crippen LogP contribution in [0.25, 0.3) is 11.0 Å². The van der Waals surface area contributed by atoms with Crippen molar-refractivity contribution < 1.29 is 22.4 Å². The SMILES string of the molecule is COc1cc2oc(=O)c(CC(=O)N[C@H]3CCS(=O)(=O)C3)c(C)c2cc1Cl. The van der Waals surface area contributed by atoms with Crippen molar-refractivity contribution >= 4 is 38.3 Å². The van der Waals surface area contributed by atoms with E-state index in [2.05, 4.69) is 5.32 Å². The summed E-state index contributed by atoms with van der Waals surface area (Å²) in [5.41, 5.74) is 0.514. The van der Waals surface area contributed by atoms with E-state index >= 15 is 0 Å². The monoisotopic (exact) mass is 399 g/mol. The van der Waals surface area contributed by atoms with Gasteiger partial charge >= 0.3 is 5.63 Å². The Morgan fingerprint density at radius 2 is 2.15 bits per heavy atom. The molecule has 1 aliphatic rings. The average Bonchev–Trinajstić information content (AvgIpc) is 2.90. The molecule has 1 atom stereocenters. The number of amides is 1. The molecular weight excluding hydrogens is 382 g/mol. The van der Waals surface area contributed by atoms with E-state index in [1.54, 1.807) is 13.0 Å². The lowest BCUT2D eigenvalue weighted by molar-refractivity contribution is -0.121. The molecule has 0 spiro atoms. The van der Waals surface area contributed by atoms with Crippen LogP contribution >= 0.6 is 11.6 Å². The highest BCUT2D eigenvalue weighted by atomic mass is 35.5. The van der Waals surface area contributed by atoms with E-state index in [-0.39, 0.29) is 23.5 Å². The molecule has 1 saturated heterocycles. The number of rotatable bonds is 4. The van der Waals surface area contributed by atoms with E-state index in [9.17, 15) is 18.0 Å². The summed E-state index contributed by atoms with van der Waals surface area (Å²) in [5, 5.41) is 3.65. The molecule has 7 nitrogen and oxygen atoms in total. The van der Waals surface area contributed by atoms with Crippen molar-refractivity contribution in [2.24, 2.45) is 0 Å². The van der Waals surface area contributed by atoms with E-state index in [4.69, 9.17) is 20.8 Å². The van der Waals surface area contributed by atoms with E-state index in [0.29, 0.717) is 33.7 Å². The Bertz CT molecular complexity index is 1040. The zero-order chi connectivity index (χ0) is 19.1. The maximum atomic E-state index is 12.3. The molecule has 3 rings (SSSR count). The molecule has 1 aromatic carbocycles. The van der Waals surface area contributed by atoms with Crippen molar-refractivity contribution in [3.63, 3.8) is 0 Å². The summed E-state index contributed by atoms with van der Waals surface area (Å²) in [6.45, 7) is 1.71. The van der Waals surface area contributed by atoms with Gasteiger partial charge in [0, 0.05) is 17.5 Å². The largest absolute Gasteiger partial charge is 0.495 e. The smallest absolute Gasteiger partial charge is 0.340 e. The number of fused-ring (bicyclic) bond motifs is 1. The van der Waals surface area contributed by atoms with Gasteiger partial charge in [0.05, 0.1) is 35.6 Å². The van der Waals surface area contributed by atoms with Crippen LogP contribution in [0.2, 0.25) is 5.02 Å². The topological polar surface area (TPSA) is 103 Å². The summed E-state index contributed by atoms with van der Waals surface area (Å²) in [7, 11) is -1.63. The lowest BCUT2D eigenvalue weighted by Crippen LogP contribution is -2.37. The number of methoxy groups -OCH3 is 1. The molecule has 1 aromatic heterocycles. The number of aryl methyl sites for hydroxylation is 1. The molecular formula is C17H18ClNO6S. The van der Waals surface area contributed by atoms with Crippen molar-refractivity contribution in [2.45, 2.75) is 25.8 Å². The second kappa shape index (κ2) is 6.92. The number of carbonyl (C=O) groups is 1. The first-order valence-corrected chi connectivity index (χ1v) is 10.2. The number of ether oxygens (including phenoxy) is 1. The second-order valence-electron chi connectivity index (χ2n) is 6.32. The Morgan fingerprint density at radius 3 is 2.77 bits per heavy atom. The highest BCUT2D eigenvalue weighted by Gasteiger charge is 2.29. The molecule has 1 amide bonds. The van der Waals surface area contributed by atoms with Gasteiger partial charge in [0.15, 0.2) is 9.84 Å². The minimum absolute atomic E-state index is 0.0649. The van der Waals surface area contributed by atoms with Crippen LogP contribution in [0.3, 0.4) is 0 Å². The van der Waals surface area contributed by atoms with E-state index in [1.807, 2.05) is 0 Å². The Balaban J connectivity index is 1.88. The van der Waals surface area contributed by atoms with Gasteiger partial charge in [-0.3, -0.25) is 4.79 Å². The van der Waals surface area contributed by atoms with Crippen molar-refractivity contribution in [1.29, 1.82) is 0 Å². The molecule has 1 aliphatic heterocycles. The summed E-state index contributed by atoms with van der Waals surface area (Å²) in [5.74, 6) is -0.0365. The van der Waals surface area contributed by atoms with Crippen LogP contribution in [0.15, 0.2) is 21.3 Å². The highest BCUT2D eigenvalue weighted by molar-refractivity contribution is 7.91. The molecule has 0 saturated carbocycles. The summed E-state index contributed by atoms with van der Waals surface area (Å²) in [4.78, 5) is 24.6. The Kier molecular flexibility index (Phi) is 4.98. The van der Waals surface area contributed by atoms with E-state index < -0.39 is 27.4 Å². The van der Waals surface area contributed by atoms with Gasteiger partial charge in [-0.15, -0.1) is 0 Å². The molecule has 2 heterocycles. The molecule has 9 heteroatoms. The molecule has 2 aromatic rings.